The van der Waals surface area contributed by atoms with E-state index >= 15 is 0 Å². The molecule has 0 saturated carbocycles. The van der Waals surface area contributed by atoms with Crippen LogP contribution in [0.4, 0.5) is 0 Å². The smallest absolute Gasteiger partial charge is 0.307 e. The molecule has 1 aliphatic carbocycles. The summed E-state index contributed by atoms with van der Waals surface area (Å²) >= 11 is 0. The van der Waals surface area contributed by atoms with Crippen LogP contribution in [0.1, 0.15) is 32.6 Å². The minimum atomic E-state index is -0.894. The first-order valence-electron chi connectivity index (χ1n) is 6.89. The van der Waals surface area contributed by atoms with Gasteiger partial charge in [0.1, 0.15) is 0 Å². The molecule has 1 aliphatic heterocycles. The van der Waals surface area contributed by atoms with Crippen molar-refractivity contribution in [2.24, 2.45) is 11.8 Å². The third-order valence-corrected chi connectivity index (χ3v) is 3.98. The lowest BCUT2D eigenvalue weighted by molar-refractivity contribution is -0.147. The van der Waals surface area contributed by atoms with E-state index in [1.807, 2.05) is 19.1 Å². The summed E-state index contributed by atoms with van der Waals surface area (Å²) in [4.78, 5) is 23.4. The summed E-state index contributed by atoms with van der Waals surface area (Å²) in [5, 5.41) is 12.1. The molecule has 0 aromatic rings. The van der Waals surface area contributed by atoms with E-state index in [2.05, 4.69) is 5.32 Å². The summed E-state index contributed by atoms with van der Waals surface area (Å²) in [5.41, 5.74) is 0. The van der Waals surface area contributed by atoms with Gasteiger partial charge in [0, 0.05) is 6.61 Å². The average Bonchev–Trinajstić information content (AvgIpc) is 2.92. The van der Waals surface area contributed by atoms with Gasteiger partial charge < -0.3 is 15.2 Å². The van der Waals surface area contributed by atoms with Crippen LogP contribution in [0.25, 0.3) is 0 Å². The fourth-order valence-corrected chi connectivity index (χ4v) is 2.80. The first kappa shape index (κ1) is 14.1. The van der Waals surface area contributed by atoms with Crippen molar-refractivity contribution in [1.29, 1.82) is 0 Å². The topological polar surface area (TPSA) is 75.6 Å². The van der Waals surface area contributed by atoms with Crippen LogP contribution in [0.2, 0.25) is 0 Å². The summed E-state index contributed by atoms with van der Waals surface area (Å²) < 4.78 is 5.53. The summed E-state index contributed by atoms with van der Waals surface area (Å²) in [5.74, 6) is -2.14. The average molecular weight is 267 g/mol. The second-order valence-electron chi connectivity index (χ2n) is 5.34. The first-order valence-corrected chi connectivity index (χ1v) is 6.89. The summed E-state index contributed by atoms with van der Waals surface area (Å²) in [7, 11) is 0. The van der Waals surface area contributed by atoms with Gasteiger partial charge in [0.2, 0.25) is 5.91 Å². The highest BCUT2D eigenvalue weighted by Crippen LogP contribution is 2.26. The van der Waals surface area contributed by atoms with E-state index in [4.69, 9.17) is 9.84 Å². The van der Waals surface area contributed by atoms with E-state index in [0.29, 0.717) is 12.8 Å². The van der Waals surface area contributed by atoms with Crippen LogP contribution in [0, 0.1) is 11.8 Å². The molecule has 1 amide bonds. The predicted molar refractivity (Wildman–Crippen MR) is 69.6 cm³/mol. The lowest BCUT2D eigenvalue weighted by atomic mass is 9.82. The molecular formula is C14H21NO4. The quantitative estimate of drug-likeness (QED) is 0.754. The zero-order valence-electron chi connectivity index (χ0n) is 11.2. The number of carboxylic acid groups (broad SMARTS) is 1. The molecule has 2 N–H and O–H groups in total. The molecule has 5 nitrogen and oxygen atoms in total. The second-order valence-corrected chi connectivity index (χ2v) is 5.34. The lowest BCUT2D eigenvalue weighted by Crippen LogP contribution is -2.46. The Kier molecular flexibility index (Phi) is 4.58. The van der Waals surface area contributed by atoms with Gasteiger partial charge in [-0.25, -0.2) is 0 Å². The number of hydrogen-bond donors (Lipinski definition) is 2. The number of ether oxygens (including phenoxy) is 1. The van der Waals surface area contributed by atoms with Gasteiger partial charge in [-0.2, -0.15) is 0 Å². The second kappa shape index (κ2) is 6.19. The predicted octanol–water partition coefficient (Wildman–Crippen LogP) is 1.34. The number of carboxylic acids is 1. The normalized spacial score (nSPS) is 31.9. The van der Waals surface area contributed by atoms with Crippen molar-refractivity contribution in [1.82, 2.24) is 5.32 Å². The van der Waals surface area contributed by atoms with Crippen LogP contribution in [0.5, 0.6) is 0 Å². The molecular weight excluding hydrogens is 246 g/mol. The molecule has 1 saturated heterocycles. The number of carbonyl (C=O) groups excluding carboxylic acids is 1. The summed E-state index contributed by atoms with van der Waals surface area (Å²) in [6, 6.07) is -0.0599. The van der Waals surface area contributed by atoms with E-state index in [1.165, 1.54) is 0 Å². The molecule has 4 unspecified atom stereocenters. The van der Waals surface area contributed by atoms with Crippen molar-refractivity contribution < 1.29 is 19.4 Å². The highest BCUT2D eigenvalue weighted by Gasteiger charge is 2.35. The Morgan fingerprint density at radius 3 is 2.58 bits per heavy atom. The lowest BCUT2D eigenvalue weighted by Gasteiger charge is -2.27. The highest BCUT2D eigenvalue weighted by molar-refractivity contribution is 5.85. The summed E-state index contributed by atoms with van der Waals surface area (Å²) in [6.07, 6.45) is 6.70. The zero-order chi connectivity index (χ0) is 13.8. The van der Waals surface area contributed by atoms with E-state index < -0.39 is 17.8 Å². The van der Waals surface area contributed by atoms with Crippen molar-refractivity contribution in [3.05, 3.63) is 12.2 Å². The molecule has 2 aliphatic rings. The van der Waals surface area contributed by atoms with Gasteiger partial charge in [0.05, 0.1) is 24.0 Å². The maximum atomic E-state index is 12.2. The van der Waals surface area contributed by atoms with Crippen molar-refractivity contribution in [2.45, 2.75) is 44.8 Å². The third kappa shape index (κ3) is 3.35. The molecule has 4 atom stereocenters. The SMILES string of the molecule is CC(NC(=O)C1CC=CCC1C(=O)O)C1CCCO1. The first-order chi connectivity index (χ1) is 9.09. The minimum absolute atomic E-state index is 0.0599. The molecule has 0 aromatic heterocycles. The molecule has 0 radical (unpaired) electrons. The van der Waals surface area contributed by atoms with Crippen LogP contribution in [-0.2, 0) is 14.3 Å². The molecule has 106 valence electrons. The number of carbonyl (C=O) groups is 2. The standard InChI is InChI=1S/C14H21NO4/c1-9(12-7-4-8-19-12)15-13(16)10-5-2-3-6-11(10)14(17)18/h2-3,9-12H,4-8H2,1H3,(H,15,16)(H,17,18). The van der Waals surface area contributed by atoms with E-state index in [-0.39, 0.29) is 18.1 Å². The van der Waals surface area contributed by atoms with Crippen molar-refractivity contribution in [3.63, 3.8) is 0 Å². The van der Waals surface area contributed by atoms with Gasteiger partial charge in [-0.1, -0.05) is 12.2 Å². The molecule has 19 heavy (non-hydrogen) atoms. The third-order valence-electron chi connectivity index (χ3n) is 3.98. The van der Waals surface area contributed by atoms with Crippen LogP contribution in [0.15, 0.2) is 12.2 Å². The monoisotopic (exact) mass is 267 g/mol. The zero-order valence-corrected chi connectivity index (χ0v) is 11.2. The van der Waals surface area contributed by atoms with E-state index in [9.17, 15) is 9.59 Å². The largest absolute Gasteiger partial charge is 0.481 e. The van der Waals surface area contributed by atoms with Crippen molar-refractivity contribution in [3.8, 4) is 0 Å². The number of aliphatic carboxylic acids is 1. The minimum Gasteiger partial charge on any atom is -0.481 e. The van der Waals surface area contributed by atoms with Crippen molar-refractivity contribution in [2.75, 3.05) is 6.61 Å². The molecule has 1 heterocycles. The molecule has 0 spiro atoms. The molecule has 0 bridgehead atoms. The van der Waals surface area contributed by atoms with E-state index in [1.54, 1.807) is 0 Å². The van der Waals surface area contributed by atoms with E-state index in [0.717, 1.165) is 19.4 Å². The Morgan fingerprint density at radius 1 is 1.32 bits per heavy atom. The number of nitrogens with one attached hydrogen (secondary N) is 1. The maximum absolute atomic E-state index is 12.2. The molecule has 2 rings (SSSR count). The number of allylic oxidation sites excluding steroid dienone is 2. The number of amides is 1. The highest BCUT2D eigenvalue weighted by atomic mass is 16.5. The Balaban J connectivity index is 1.94. The number of rotatable bonds is 4. The number of hydrogen-bond acceptors (Lipinski definition) is 3. The van der Waals surface area contributed by atoms with Crippen LogP contribution >= 0.6 is 0 Å². The van der Waals surface area contributed by atoms with Gasteiger partial charge in [-0.15, -0.1) is 0 Å². The van der Waals surface area contributed by atoms with Gasteiger partial charge in [-0.05, 0) is 32.6 Å². The van der Waals surface area contributed by atoms with Crippen molar-refractivity contribution >= 4 is 11.9 Å². The van der Waals surface area contributed by atoms with Crippen LogP contribution in [0.3, 0.4) is 0 Å². The van der Waals surface area contributed by atoms with Gasteiger partial charge in [0.25, 0.3) is 0 Å². The molecule has 5 heteroatoms. The van der Waals surface area contributed by atoms with Crippen LogP contribution < -0.4 is 5.32 Å². The molecule has 0 aromatic carbocycles. The maximum Gasteiger partial charge on any atom is 0.307 e. The fraction of sp³-hybridized carbons (Fsp3) is 0.714. The van der Waals surface area contributed by atoms with Gasteiger partial charge in [-0.3, -0.25) is 9.59 Å². The summed E-state index contributed by atoms with van der Waals surface area (Å²) in [6.45, 7) is 2.66. The Hall–Kier alpha value is -1.36. The molecule has 1 fully saturated rings. The Bertz CT molecular complexity index is 374. The fourth-order valence-electron chi connectivity index (χ4n) is 2.80. The Morgan fingerprint density at radius 2 is 2.00 bits per heavy atom. The Labute approximate surface area is 113 Å². The van der Waals surface area contributed by atoms with Gasteiger partial charge >= 0.3 is 5.97 Å². The van der Waals surface area contributed by atoms with Crippen LogP contribution in [-0.4, -0.2) is 35.7 Å². The van der Waals surface area contributed by atoms with Gasteiger partial charge in [0.15, 0.2) is 0 Å².